The van der Waals surface area contributed by atoms with E-state index in [9.17, 15) is 9.59 Å². The highest BCUT2D eigenvalue weighted by Gasteiger charge is 2.01. The molecule has 94 valence electrons. The summed E-state index contributed by atoms with van der Waals surface area (Å²) in [4.78, 5) is 21.7. The Kier molecular flexibility index (Phi) is 8.52. The molecule has 0 saturated carbocycles. The van der Waals surface area contributed by atoms with Crippen LogP contribution in [0.4, 0.5) is 0 Å². The Balaban J connectivity index is 3.27. The van der Waals surface area contributed by atoms with E-state index in [0.717, 1.165) is 13.0 Å². The van der Waals surface area contributed by atoms with Gasteiger partial charge in [0.25, 0.3) is 0 Å². The van der Waals surface area contributed by atoms with Crippen molar-refractivity contribution < 1.29 is 9.59 Å². The largest absolute Gasteiger partial charge is 0.370 e. The molecule has 0 aromatic heterocycles. The quantitative estimate of drug-likeness (QED) is 0.487. The van der Waals surface area contributed by atoms with Crippen molar-refractivity contribution in [3.05, 3.63) is 0 Å². The molecule has 0 fully saturated rings. The molecule has 0 radical (unpaired) electrons. The van der Waals surface area contributed by atoms with Gasteiger partial charge in [-0.25, -0.2) is 0 Å². The summed E-state index contributed by atoms with van der Waals surface area (Å²) in [5, 5.41) is 5.78. The fourth-order valence-electron chi connectivity index (χ4n) is 1.15. The van der Waals surface area contributed by atoms with Crippen LogP contribution >= 0.6 is 0 Å². The first-order valence-corrected chi connectivity index (χ1v) is 5.78. The highest BCUT2D eigenvalue weighted by Crippen LogP contribution is 1.95. The number of nitrogens with two attached hydrogens (primary N) is 1. The van der Waals surface area contributed by atoms with E-state index in [-0.39, 0.29) is 11.8 Å². The standard InChI is InChI=1S/C11H23N3O2/c1-9(2)5-7-14-11(16)8-13-6-3-4-10(12)15/h9,13H,3-8H2,1-2H3,(H2,12,15)(H,14,16). The molecule has 2 amide bonds. The first-order chi connectivity index (χ1) is 7.52. The van der Waals surface area contributed by atoms with Crippen molar-refractivity contribution in [2.45, 2.75) is 33.1 Å². The molecule has 0 rings (SSSR count). The molecule has 0 aliphatic rings. The van der Waals surface area contributed by atoms with Gasteiger partial charge in [-0.05, 0) is 25.3 Å². The molecule has 0 bridgehead atoms. The number of primary amides is 1. The fourth-order valence-corrected chi connectivity index (χ4v) is 1.15. The average Bonchev–Trinajstić information content (AvgIpc) is 2.16. The van der Waals surface area contributed by atoms with Gasteiger partial charge < -0.3 is 16.4 Å². The van der Waals surface area contributed by atoms with Crippen LogP contribution in [-0.4, -0.2) is 31.4 Å². The fraction of sp³-hybridized carbons (Fsp3) is 0.818. The van der Waals surface area contributed by atoms with Crippen molar-refractivity contribution in [1.29, 1.82) is 0 Å². The number of amides is 2. The smallest absolute Gasteiger partial charge is 0.233 e. The minimum Gasteiger partial charge on any atom is -0.370 e. The lowest BCUT2D eigenvalue weighted by Crippen LogP contribution is -2.35. The van der Waals surface area contributed by atoms with Crippen molar-refractivity contribution in [2.24, 2.45) is 11.7 Å². The first kappa shape index (κ1) is 14.9. The van der Waals surface area contributed by atoms with Crippen LogP contribution in [0.2, 0.25) is 0 Å². The summed E-state index contributed by atoms with van der Waals surface area (Å²) in [6.45, 7) is 5.90. The molecule has 4 N–H and O–H groups in total. The number of hydrogen-bond donors (Lipinski definition) is 3. The van der Waals surface area contributed by atoms with Gasteiger partial charge in [0.05, 0.1) is 6.54 Å². The Morgan fingerprint density at radius 3 is 2.50 bits per heavy atom. The Morgan fingerprint density at radius 2 is 1.94 bits per heavy atom. The zero-order valence-corrected chi connectivity index (χ0v) is 10.2. The van der Waals surface area contributed by atoms with Crippen molar-refractivity contribution in [1.82, 2.24) is 10.6 Å². The molecule has 0 aromatic carbocycles. The molecule has 0 aliphatic heterocycles. The predicted octanol–water partition coefficient (Wildman–Crippen LogP) is 0.00380. The third kappa shape index (κ3) is 11.0. The van der Waals surface area contributed by atoms with Gasteiger partial charge in [0.2, 0.25) is 11.8 Å². The zero-order chi connectivity index (χ0) is 12.4. The van der Waals surface area contributed by atoms with Gasteiger partial charge in [0, 0.05) is 13.0 Å². The summed E-state index contributed by atoms with van der Waals surface area (Å²) in [6, 6.07) is 0. The Hall–Kier alpha value is -1.10. The maximum absolute atomic E-state index is 11.3. The second-order valence-electron chi connectivity index (χ2n) is 4.28. The molecule has 16 heavy (non-hydrogen) atoms. The van der Waals surface area contributed by atoms with Crippen LogP contribution in [0.3, 0.4) is 0 Å². The van der Waals surface area contributed by atoms with E-state index >= 15 is 0 Å². The third-order valence-electron chi connectivity index (χ3n) is 2.11. The molecule has 0 heterocycles. The molecule has 0 spiro atoms. The number of hydrogen-bond acceptors (Lipinski definition) is 3. The van der Waals surface area contributed by atoms with Gasteiger partial charge in [-0.3, -0.25) is 9.59 Å². The van der Waals surface area contributed by atoms with Gasteiger partial charge in [0.15, 0.2) is 0 Å². The molecular weight excluding hydrogens is 206 g/mol. The van der Waals surface area contributed by atoms with E-state index in [1.807, 2.05) is 0 Å². The van der Waals surface area contributed by atoms with E-state index in [2.05, 4.69) is 24.5 Å². The molecule has 0 unspecified atom stereocenters. The van der Waals surface area contributed by atoms with Crippen molar-refractivity contribution >= 4 is 11.8 Å². The molecular formula is C11H23N3O2. The van der Waals surface area contributed by atoms with E-state index in [1.54, 1.807) is 0 Å². The lowest BCUT2D eigenvalue weighted by molar-refractivity contribution is -0.120. The van der Waals surface area contributed by atoms with E-state index in [0.29, 0.717) is 31.8 Å². The Bertz CT molecular complexity index is 217. The van der Waals surface area contributed by atoms with Gasteiger partial charge in [0.1, 0.15) is 0 Å². The summed E-state index contributed by atoms with van der Waals surface area (Å²) < 4.78 is 0. The van der Waals surface area contributed by atoms with Crippen molar-refractivity contribution in [3.8, 4) is 0 Å². The van der Waals surface area contributed by atoms with Gasteiger partial charge >= 0.3 is 0 Å². The third-order valence-corrected chi connectivity index (χ3v) is 2.11. The number of nitrogens with one attached hydrogen (secondary N) is 2. The van der Waals surface area contributed by atoms with E-state index in [4.69, 9.17) is 5.73 Å². The van der Waals surface area contributed by atoms with Crippen molar-refractivity contribution in [3.63, 3.8) is 0 Å². The minimum absolute atomic E-state index is 0.000255. The van der Waals surface area contributed by atoms with Crippen LogP contribution in [0.1, 0.15) is 33.1 Å². The average molecular weight is 229 g/mol. The lowest BCUT2D eigenvalue weighted by atomic mass is 10.1. The van der Waals surface area contributed by atoms with Gasteiger partial charge in [-0.15, -0.1) is 0 Å². The van der Waals surface area contributed by atoms with Crippen LogP contribution in [-0.2, 0) is 9.59 Å². The Labute approximate surface area is 97.2 Å². The summed E-state index contributed by atoms with van der Waals surface area (Å²) in [6.07, 6.45) is 2.03. The summed E-state index contributed by atoms with van der Waals surface area (Å²) >= 11 is 0. The van der Waals surface area contributed by atoms with Crippen LogP contribution in [0, 0.1) is 5.92 Å². The maximum atomic E-state index is 11.3. The summed E-state index contributed by atoms with van der Waals surface area (Å²) in [7, 11) is 0. The minimum atomic E-state index is -0.303. The normalized spacial score (nSPS) is 10.4. The second kappa shape index (κ2) is 9.15. The molecule has 0 aromatic rings. The van der Waals surface area contributed by atoms with Gasteiger partial charge in [-0.1, -0.05) is 13.8 Å². The summed E-state index contributed by atoms with van der Waals surface area (Å²) in [5.41, 5.74) is 4.98. The number of carbonyl (C=O) groups is 2. The van der Waals surface area contributed by atoms with Crippen LogP contribution in [0.25, 0.3) is 0 Å². The molecule has 0 saturated heterocycles. The number of carbonyl (C=O) groups excluding carboxylic acids is 2. The molecule has 0 aliphatic carbocycles. The Morgan fingerprint density at radius 1 is 1.25 bits per heavy atom. The zero-order valence-electron chi connectivity index (χ0n) is 10.2. The second-order valence-corrected chi connectivity index (χ2v) is 4.28. The predicted molar refractivity (Wildman–Crippen MR) is 63.8 cm³/mol. The van der Waals surface area contributed by atoms with Gasteiger partial charge in [-0.2, -0.15) is 0 Å². The van der Waals surface area contributed by atoms with Crippen molar-refractivity contribution in [2.75, 3.05) is 19.6 Å². The topological polar surface area (TPSA) is 84.2 Å². The molecule has 0 atom stereocenters. The highest BCUT2D eigenvalue weighted by atomic mass is 16.2. The van der Waals surface area contributed by atoms with E-state index in [1.165, 1.54) is 0 Å². The SMILES string of the molecule is CC(C)CCNC(=O)CNCCCC(N)=O. The lowest BCUT2D eigenvalue weighted by Gasteiger charge is -2.07. The summed E-state index contributed by atoms with van der Waals surface area (Å²) in [5.74, 6) is 0.298. The van der Waals surface area contributed by atoms with Crippen LogP contribution in [0.15, 0.2) is 0 Å². The highest BCUT2D eigenvalue weighted by molar-refractivity contribution is 5.77. The van der Waals surface area contributed by atoms with Crippen LogP contribution < -0.4 is 16.4 Å². The monoisotopic (exact) mass is 229 g/mol. The number of rotatable bonds is 9. The first-order valence-electron chi connectivity index (χ1n) is 5.78. The van der Waals surface area contributed by atoms with Crippen LogP contribution in [0.5, 0.6) is 0 Å². The maximum Gasteiger partial charge on any atom is 0.233 e. The molecule has 5 heteroatoms. The van der Waals surface area contributed by atoms with E-state index < -0.39 is 0 Å². The molecule has 5 nitrogen and oxygen atoms in total.